The molecule has 0 saturated carbocycles. The number of nitrogens with zero attached hydrogens (tertiary/aromatic N) is 1. The van der Waals surface area contributed by atoms with E-state index in [0.29, 0.717) is 0 Å². The quantitative estimate of drug-likeness (QED) is 0.556. The number of aryl methyl sites for hydroxylation is 1. The van der Waals surface area contributed by atoms with Crippen LogP contribution in [-0.2, 0) is 12.8 Å². The monoisotopic (exact) mass is 153 g/mol. The van der Waals surface area contributed by atoms with Crippen LogP contribution < -0.4 is 0 Å². The van der Waals surface area contributed by atoms with E-state index in [1.807, 2.05) is 11.3 Å². The Morgan fingerprint density at radius 1 is 1.50 bits per heavy atom. The van der Waals surface area contributed by atoms with Crippen LogP contribution in [0.25, 0.3) is 0 Å². The van der Waals surface area contributed by atoms with Gasteiger partial charge in [0.15, 0.2) is 0 Å². The molecule has 1 aliphatic carbocycles. The molecule has 2 heteroatoms. The van der Waals surface area contributed by atoms with Gasteiger partial charge < -0.3 is 0 Å². The third-order valence-corrected chi connectivity index (χ3v) is 3.00. The largest absolute Gasteiger partial charge is 0.246 e. The Morgan fingerprint density at radius 2 is 2.30 bits per heavy atom. The maximum atomic E-state index is 4.46. The Hall–Kier alpha value is -0.370. The van der Waals surface area contributed by atoms with E-state index in [9.17, 15) is 0 Å². The normalized spacial score (nSPS) is 23.2. The third kappa shape index (κ3) is 0.870. The first-order chi connectivity index (χ1) is 4.75. The lowest BCUT2D eigenvalue weighted by Gasteiger charge is -1.94. The van der Waals surface area contributed by atoms with Crippen molar-refractivity contribution in [2.24, 2.45) is 5.92 Å². The third-order valence-electron chi connectivity index (χ3n) is 1.96. The molecule has 10 heavy (non-hydrogen) atoms. The molecule has 54 valence electrons. The lowest BCUT2D eigenvalue weighted by molar-refractivity contribution is 0.624. The first-order valence-corrected chi connectivity index (χ1v) is 4.52. The standard InChI is InChI=1S/C8H11NS/c1-5-3-7-8(4-5)10-6(2)9-7/h5H,3-4H2,1-2H3. The number of hydrogen-bond acceptors (Lipinski definition) is 2. The van der Waals surface area contributed by atoms with Crippen LogP contribution in [0.2, 0.25) is 0 Å². The van der Waals surface area contributed by atoms with Gasteiger partial charge in [-0.3, -0.25) is 0 Å². The summed E-state index contributed by atoms with van der Waals surface area (Å²) in [4.78, 5) is 5.99. The van der Waals surface area contributed by atoms with E-state index < -0.39 is 0 Å². The van der Waals surface area contributed by atoms with E-state index >= 15 is 0 Å². The summed E-state index contributed by atoms with van der Waals surface area (Å²) in [5.74, 6) is 0.842. The highest BCUT2D eigenvalue weighted by Gasteiger charge is 2.20. The number of rotatable bonds is 0. The average Bonchev–Trinajstić information content (AvgIpc) is 2.21. The summed E-state index contributed by atoms with van der Waals surface area (Å²) in [7, 11) is 0. The van der Waals surface area contributed by atoms with E-state index in [4.69, 9.17) is 0 Å². The fraction of sp³-hybridized carbons (Fsp3) is 0.625. The minimum atomic E-state index is 0.842. The molecular weight excluding hydrogens is 142 g/mol. The van der Waals surface area contributed by atoms with E-state index in [1.165, 1.54) is 28.4 Å². The number of hydrogen-bond donors (Lipinski definition) is 0. The molecule has 0 amide bonds. The first kappa shape index (κ1) is 6.35. The van der Waals surface area contributed by atoms with E-state index in [-0.39, 0.29) is 0 Å². The Morgan fingerprint density at radius 3 is 3.00 bits per heavy atom. The predicted molar refractivity (Wildman–Crippen MR) is 43.4 cm³/mol. The van der Waals surface area contributed by atoms with Crippen molar-refractivity contribution >= 4 is 11.3 Å². The molecular formula is C8H11NS. The molecule has 1 atom stereocenters. The van der Waals surface area contributed by atoms with Gasteiger partial charge in [0.05, 0.1) is 10.7 Å². The molecule has 0 saturated heterocycles. The Bertz CT molecular complexity index is 228. The second-order valence-electron chi connectivity index (χ2n) is 3.12. The van der Waals surface area contributed by atoms with Gasteiger partial charge in [-0.2, -0.15) is 0 Å². The molecule has 2 rings (SSSR count). The Kier molecular flexibility index (Phi) is 1.31. The molecule has 0 N–H and O–H groups in total. The number of thiazole rings is 1. The van der Waals surface area contributed by atoms with Crippen LogP contribution in [0.15, 0.2) is 0 Å². The molecule has 0 fully saturated rings. The number of fused-ring (bicyclic) bond motifs is 1. The summed E-state index contributed by atoms with van der Waals surface area (Å²) in [6.45, 7) is 4.39. The van der Waals surface area contributed by atoms with Crippen LogP contribution in [0.3, 0.4) is 0 Å². The van der Waals surface area contributed by atoms with Gasteiger partial charge in [0, 0.05) is 4.88 Å². The SMILES string of the molecule is Cc1nc2c(s1)CC(C)C2. The second-order valence-corrected chi connectivity index (χ2v) is 4.40. The van der Waals surface area contributed by atoms with Crippen LogP contribution in [-0.4, -0.2) is 4.98 Å². The topological polar surface area (TPSA) is 12.9 Å². The van der Waals surface area contributed by atoms with E-state index in [2.05, 4.69) is 18.8 Å². The summed E-state index contributed by atoms with van der Waals surface area (Å²) in [6.07, 6.45) is 2.47. The van der Waals surface area contributed by atoms with Crippen molar-refractivity contribution < 1.29 is 0 Å². The van der Waals surface area contributed by atoms with Gasteiger partial charge in [0.2, 0.25) is 0 Å². The van der Waals surface area contributed by atoms with Gasteiger partial charge in [0.1, 0.15) is 0 Å². The van der Waals surface area contributed by atoms with Crippen molar-refractivity contribution in [1.29, 1.82) is 0 Å². The Balaban J connectivity index is 2.39. The average molecular weight is 153 g/mol. The molecule has 0 aromatic carbocycles. The Labute approximate surface area is 65.1 Å². The van der Waals surface area contributed by atoms with E-state index in [1.54, 1.807) is 0 Å². The van der Waals surface area contributed by atoms with Crippen molar-refractivity contribution in [3.63, 3.8) is 0 Å². The zero-order chi connectivity index (χ0) is 7.14. The van der Waals surface area contributed by atoms with Crippen molar-refractivity contribution in [3.8, 4) is 0 Å². The van der Waals surface area contributed by atoms with Crippen molar-refractivity contribution in [2.75, 3.05) is 0 Å². The van der Waals surface area contributed by atoms with Crippen LogP contribution >= 0.6 is 11.3 Å². The predicted octanol–water partition coefficient (Wildman–Crippen LogP) is 2.19. The van der Waals surface area contributed by atoms with Crippen LogP contribution in [0.4, 0.5) is 0 Å². The van der Waals surface area contributed by atoms with Gasteiger partial charge in [-0.1, -0.05) is 6.92 Å². The molecule has 0 radical (unpaired) electrons. The van der Waals surface area contributed by atoms with Gasteiger partial charge in [-0.25, -0.2) is 4.98 Å². The second kappa shape index (κ2) is 2.06. The summed E-state index contributed by atoms with van der Waals surface area (Å²) >= 11 is 1.87. The van der Waals surface area contributed by atoms with Crippen LogP contribution in [0, 0.1) is 12.8 Å². The molecule has 1 unspecified atom stereocenters. The maximum absolute atomic E-state index is 4.46. The molecule has 0 aliphatic heterocycles. The lowest BCUT2D eigenvalue weighted by Crippen LogP contribution is -1.91. The fourth-order valence-electron chi connectivity index (χ4n) is 1.55. The van der Waals surface area contributed by atoms with Gasteiger partial charge in [-0.05, 0) is 25.7 Å². The maximum Gasteiger partial charge on any atom is 0.0900 e. The van der Waals surface area contributed by atoms with Crippen molar-refractivity contribution in [2.45, 2.75) is 26.7 Å². The summed E-state index contributed by atoms with van der Waals surface area (Å²) in [5, 5.41) is 1.23. The molecule has 1 aliphatic rings. The smallest absolute Gasteiger partial charge is 0.0900 e. The minimum Gasteiger partial charge on any atom is -0.246 e. The summed E-state index contributed by atoms with van der Waals surface area (Å²) < 4.78 is 0. The zero-order valence-corrected chi connectivity index (χ0v) is 7.16. The molecule has 1 aromatic heterocycles. The van der Waals surface area contributed by atoms with Gasteiger partial charge in [0.25, 0.3) is 0 Å². The van der Waals surface area contributed by atoms with Gasteiger partial charge >= 0.3 is 0 Å². The van der Waals surface area contributed by atoms with E-state index in [0.717, 1.165) is 5.92 Å². The molecule has 0 bridgehead atoms. The van der Waals surface area contributed by atoms with Crippen molar-refractivity contribution in [1.82, 2.24) is 4.98 Å². The number of aromatic nitrogens is 1. The highest BCUT2D eigenvalue weighted by Crippen LogP contribution is 2.30. The van der Waals surface area contributed by atoms with Crippen molar-refractivity contribution in [3.05, 3.63) is 15.6 Å². The minimum absolute atomic E-state index is 0.842. The molecule has 0 spiro atoms. The summed E-state index contributed by atoms with van der Waals surface area (Å²) in [5.41, 5.74) is 1.37. The molecule has 1 aromatic rings. The van der Waals surface area contributed by atoms with Gasteiger partial charge in [-0.15, -0.1) is 11.3 Å². The van der Waals surface area contributed by atoms with Crippen LogP contribution in [0.5, 0.6) is 0 Å². The summed E-state index contributed by atoms with van der Waals surface area (Å²) in [6, 6.07) is 0. The van der Waals surface area contributed by atoms with Crippen LogP contribution in [0.1, 0.15) is 22.5 Å². The zero-order valence-electron chi connectivity index (χ0n) is 6.35. The molecule has 1 heterocycles. The molecule has 1 nitrogen and oxygen atoms in total. The highest BCUT2D eigenvalue weighted by molar-refractivity contribution is 7.11. The lowest BCUT2D eigenvalue weighted by atomic mass is 10.1. The highest BCUT2D eigenvalue weighted by atomic mass is 32.1. The first-order valence-electron chi connectivity index (χ1n) is 3.71. The fourth-order valence-corrected chi connectivity index (χ4v) is 2.68.